The minimum atomic E-state index is -4.23. The van der Waals surface area contributed by atoms with Crippen molar-refractivity contribution in [1.82, 2.24) is 21.0 Å². The molecule has 0 aliphatic carbocycles. The number of carbonyl (C=O) groups is 5. The van der Waals surface area contributed by atoms with Crippen LogP contribution in [0, 0.1) is 17.8 Å². The third-order valence-electron chi connectivity index (χ3n) is 7.80. The molecule has 5 amide bonds. The molecular weight excluding hydrogens is 655 g/mol. The van der Waals surface area contributed by atoms with Gasteiger partial charge >= 0.3 is 29.6 Å². The van der Waals surface area contributed by atoms with Crippen molar-refractivity contribution in [3.63, 3.8) is 0 Å². The average Bonchev–Trinajstić information content (AvgIpc) is 3.27. The van der Waals surface area contributed by atoms with Crippen molar-refractivity contribution in [1.29, 1.82) is 0 Å². The van der Waals surface area contributed by atoms with E-state index in [4.69, 9.17) is 4.74 Å². The van der Waals surface area contributed by atoms with E-state index in [0.29, 0.717) is 30.8 Å². The van der Waals surface area contributed by atoms with E-state index in [-0.39, 0.29) is 65.9 Å². The SMILES string of the molecule is CNC(=O)C(Cc1ccc(OCCCCCS(=O)(=O)[O-])cc1)NC(=O)C(CC(C)C)C(CN1C(=O)c2ccccc2C1=O)C(=O)NO.[Na+]. The number of rotatable bonds is 18. The van der Waals surface area contributed by atoms with Gasteiger partial charge in [0.05, 0.1) is 39.7 Å². The van der Waals surface area contributed by atoms with Crippen LogP contribution in [0.1, 0.15) is 65.8 Å². The van der Waals surface area contributed by atoms with Crippen LogP contribution in [0.15, 0.2) is 48.5 Å². The summed E-state index contributed by atoms with van der Waals surface area (Å²) in [5, 5.41) is 14.8. The van der Waals surface area contributed by atoms with E-state index in [0.717, 1.165) is 4.90 Å². The fourth-order valence-electron chi connectivity index (χ4n) is 5.41. The van der Waals surface area contributed by atoms with Gasteiger partial charge in [-0.05, 0) is 61.4 Å². The van der Waals surface area contributed by atoms with Gasteiger partial charge in [0.15, 0.2) is 0 Å². The van der Waals surface area contributed by atoms with Crippen LogP contribution in [0.2, 0.25) is 0 Å². The zero-order chi connectivity index (χ0) is 34.7. The van der Waals surface area contributed by atoms with E-state index in [2.05, 4.69) is 10.6 Å². The number of hydrogen-bond donors (Lipinski definition) is 4. The minimum Gasteiger partial charge on any atom is -0.748 e. The van der Waals surface area contributed by atoms with Crippen LogP contribution < -0.4 is 50.4 Å². The number of hydroxylamine groups is 1. The van der Waals surface area contributed by atoms with Gasteiger partial charge in [0.25, 0.3) is 11.8 Å². The van der Waals surface area contributed by atoms with Gasteiger partial charge in [0, 0.05) is 25.8 Å². The summed E-state index contributed by atoms with van der Waals surface area (Å²) in [4.78, 5) is 66.6. The first-order valence-corrected chi connectivity index (χ1v) is 16.9. The largest absolute Gasteiger partial charge is 1.00 e. The normalized spacial score (nSPS) is 14.4. The van der Waals surface area contributed by atoms with Crippen LogP contribution in [0.3, 0.4) is 0 Å². The Balaban J connectivity index is 0.00000800. The second-order valence-corrected chi connectivity index (χ2v) is 13.3. The molecule has 256 valence electrons. The summed E-state index contributed by atoms with van der Waals surface area (Å²) in [6.07, 6.45) is 1.56. The zero-order valence-corrected chi connectivity index (χ0v) is 30.4. The first kappa shape index (κ1) is 40.8. The third-order valence-corrected chi connectivity index (χ3v) is 8.59. The van der Waals surface area contributed by atoms with Gasteiger partial charge in [-0.3, -0.25) is 34.1 Å². The molecule has 1 aliphatic heterocycles. The standard InChI is InChI=1S/C32H42N4O10S.Na/c1-20(2)17-25(26(29(38)35-42)19-36-31(40)23-9-5-6-10-24(23)32(36)41)28(37)34-27(30(39)33-3)18-21-11-13-22(14-12-21)46-15-7-4-8-16-47(43,44)45;/h5-6,9-14,20,25-27,42H,4,7-8,15-19H2,1-3H3,(H,33,39)(H,34,37)(H,35,38)(H,43,44,45);/q;+1/p-1. The molecule has 2 aromatic rings. The van der Waals surface area contributed by atoms with Crippen LogP contribution in [0.25, 0.3) is 0 Å². The number of ether oxygens (including phenoxy) is 1. The molecule has 0 saturated heterocycles. The van der Waals surface area contributed by atoms with Crippen molar-refractivity contribution < 1.29 is 76.4 Å². The molecule has 0 fully saturated rings. The molecule has 3 unspecified atom stereocenters. The molecule has 14 nitrogen and oxygen atoms in total. The van der Waals surface area contributed by atoms with Crippen LogP contribution in [0.5, 0.6) is 5.75 Å². The molecule has 3 atom stereocenters. The molecule has 1 aliphatic rings. The van der Waals surface area contributed by atoms with Gasteiger partial charge in [0.2, 0.25) is 17.7 Å². The van der Waals surface area contributed by atoms with E-state index in [1.807, 2.05) is 13.8 Å². The van der Waals surface area contributed by atoms with Crippen LogP contribution in [0.4, 0.5) is 0 Å². The number of amides is 5. The van der Waals surface area contributed by atoms with E-state index in [9.17, 15) is 42.2 Å². The minimum absolute atomic E-state index is 0. The molecule has 0 bridgehead atoms. The summed E-state index contributed by atoms with van der Waals surface area (Å²) in [7, 11) is -2.81. The molecule has 16 heteroatoms. The molecular formula is C32H41N4NaO10S. The van der Waals surface area contributed by atoms with Crippen LogP contribution in [-0.2, 0) is 30.9 Å². The predicted molar refractivity (Wildman–Crippen MR) is 168 cm³/mol. The maximum absolute atomic E-state index is 13.8. The van der Waals surface area contributed by atoms with Gasteiger partial charge < -0.3 is 19.9 Å². The number of likely N-dealkylation sites (N-methyl/N-ethyl adjacent to an activating group) is 1. The van der Waals surface area contributed by atoms with Crippen molar-refractivity contribution in [2.24, 2.45) is 17.8 Å². The predicted octanol–water partition coefficient (Wildman–Crippen LogP) is -1.36. The zero-order valence-electron chi connectivity index (χ0n) is 27.6. The van der Waals surface area contributed by atoms with E-state index in [1.54, 1.807) is 41.9 Å². The Labute approximate surface area is 302 Å². The molecule has 3 rings (SSSR count). The van der Waals surface area contributed by atoms with Crippen molar-refractivity contribution in [2.75, 3.05) is 26.0 Å². The maximum atomic E-state index is 13.8. The van der Waals surface area contributed by atoms with E-state index in [1.165, 1.54) is 19.2 Å². The molecule has 0 saturated carbocycles. The Bertz CT molecular complexity index is 1520. The van der Waals surface area contributed by atoms with Crippen molar-refractivity contribution in [3.05, 3.63) is 65.2 Å². The Morgan fingerprint density at radius 3 is 2.02 bits per heavy atom. The summed E-state index contributed by atoms with van der Waals surface area (Å²) in [6, 6.07) is 12.0. The fraction of sp³-hybridized carbons (Fsp3) is 0.469. The number of carbonyl (C=O) groups excluding carboxylic acids is 5. The molecule has 1 heterocycles. The summed E-state index contributed by atoms with van der Waals surface area (Å²) in [5.74, 6) is -5.78. The summed E-state index contributed by atoms with van der Waals surface area (Å²) in [6.45, 7) is 3.50. The molecule has 4 N–H and O–H groups in total. The number of fused-ring (bicyclic) bond motifs is 1. The van der Waals surface area contributed by atoms with Crippen LogP contribution >= 0.6 is 0 Å². The molecule has 2 aromatic carbocycles. The Kier molecular flexibility index (Phi) is 16.2. The van der Waals surface area contributed by atoms with Gasteiger partial charge in [-0.25, -0.2) is 13.9 Å². The molecule has 0 aromatic heterocycles. The molecule has 0 spiro atoms. The second kappa shape index (κ2) is 19.0. The topological polar surface area (TPSA) is 211 Å². The summed E-state index contributed by atoms with van der Waals surface area (Å²) < 4.78 is 37.7. The van der Waals surface area contributed by atoms with Gasteiger partial charge in [-0.2, -0.15) is 0 Å². The van der Waals surface area contributed by atoms with Crippen molar-refractivity contribution in [3.8, 4) is 5.75 Å². The summed E-state index contributed by atoms with van der Waals surface area (Å²) >= 11 is 0. The monoisotopic (exact) mass is 696 g/mol. The first-order valence-electron chi connectivity index (χ1n) is 15.3. The Hall–Kier alpha value is -3.34. The van der Waals surface area contributed by atoms with Gasteiger partial charge in [0.1, 0.15) is 11.8 Å². The smallest absolute Gasteiger partial charge is 0.748 e. The Morgan fingerprint density at radius 2 is 1.50 bits per heavy atom. The quantitative estimate of drug-likeness (QED) is 0.0359. The number of hydrogen-bond acceptors (Lipinski definition) is 10. The first-order chi connectivity index (χ1) is 22.2. The molecule has 48 heavy (non-hydrogen) atoms. The average molecular weight is 697 g/mol. The fourth-order valence-corrected chi connectivity index (χ4v) is 5.96. The number of nitrogens with one attached hydrogen (secondary N) is 3. The maximum Gasteiger partial charge on any atom is 1.00 e. The van der Waals surface area contributed by atoms with Crippen molar-refractivity contribution in [2.45, 2.75) is 52.0 Å². The van der Waals surface area contributed by atoms with E-state index >= 15 is 0 Å². The van der Waals surface area contributed by atoms with Gasteiger partial charge in [-0.1, -0.05) is 38.1 Å². The number of unbranched alkanes of at least 4 members (excludes halogenated alkanes) is 2. The summed E-state index contributed by atoms with van der Waals surface area (Å²) in [5.41, 5.74) is 2.60. The third kappa shape index (κ3) is 11.7. The number of nitrogens with zero attached hydrogens (tertiary/aromatic N) is 1. The Morgan fingerprint density at radius 1 is 0.896 bits per heavy atom. The number of imide groups is 1. The molecule has 0 radical (unpaired) electrons. The van der Waals surface area contributed by atoms with Crippen LogP contribution in [-0.4, -0.2) is 84.6 Å². The number of benzene rings is 2. The van der Waals surface area contributed by atoms with E-state index < -0.39 is 69.8 Å². The second-order valence-electron chi connectivity index (χ2n) is 11.8. The van der Waals surface area contributed by atoms with Crippen molar-refractivity contribution >= 4 is 39.7 Å². The van der Waals surface area contributed by atoms with Gasteiger partial charge in [-0.15, -0.1) is 0 Å².